The number of methoxy groups -OCH3 is 1. The minimum absolute atomic E-state index is 0.0254. The molecule has 2 aliphatic heterocycles. The molecule has 2 fully saturated rings. The number of likely N-dealkylation sites (tertiary alicyclic amines) is 1. The van der Waals surface area contributed by atoms with Crippen LogP contribution in [-0.2, 0) is 11.2 Å². The van der Waals surface area contributed by atoms with Crippen molar-refractivity contribution < 1.29 is 19.1 Å². The van der Waals surface area contributed by atoms with E-state index in [0.29, 0.717) is 50.1 Å². The standard InChI is InChI=1S/C24H27N3O4/c1-31-20-9-7-18(8-10-20)21(28)27-15-12-19(13-16-27)24(22(29)25-23(30)26-24)14-11-17-5-3-2-4-6-17/h2-10,19H,11-16H2,1H3,(H2,25,26,29,30)/t24-/m1/s1. The molecular weight excluding hydrogens is 394 g/mol. The van der Waals surface area contributed by atoms with Gasteiger partial charge < -0.3 is 15.0 Å². The molecule has 0 radical (unpaired) electrons. The number of aryl methyl sites for hydroxylation is 1. The van der Waals surface area contributed by atoms with Crippen LogP contribution in [0.3, 0.4) is 0 Å². The highest BCUT2D eigenvalue weighted by molar-refractivity contribution is 6.07. The van der Waals surface area contributed by atoms with E-state index >= 15 is 0 Å². The molecule has 0 aromatic heterocycles. The minimum atomic E-state index is -0.928. The van der Waals surface area contributed by atoms with Gasteiger partial charge in [0.2, 0.25) is 0 Å². The van der Waals surface area contributed by atoms with Crippen LogP contribution in [0.15, 0.2) is 54.6 Å². The van der Waals surface area contributed by atoms with Gasteiger partial charge in [-0.15, -0.1) is 0 Å². The van der Waals surface area contributed by atoms with E-state index in [2.05, 4.69) is 10.6 Å². The zero-order valence-corrected chi connectivity index (χ0v) is 17.6. The van der Waals surface area contributed by atoms with Crippen LogP contribution < -0.4 is 15.4 Å². The van der Waals surface area contributed by atoms with Crippen molar-refractivity contribution in [1.82, 2.24) is 15.5 Å². The van der Waals surface area contributed by atoms with Crippen molar-refractivity contribution in [2.45, 2.75) is 31.2 Å². The number of hydrogen-bond donors (Lipinski definition) is 2. The van der Waals surface area contributed by atoms with Crippen molar-refractivity contribution in [3.8, 4) is 5.75 Å². The first kappa shape index (κ1) is 20.9. The number of hydrogen-bond acceptors (Lipinski definition) is 4. The van der Waals surface area contributed by atoms with Crippen LogP contribution >= 0.6 is 0 Å². The van der Waals surface area contributed by atoms with E-state index in [-0.39, 0.29) is 17.7 Å². The monoisotopic (exact) mass is 421 g/mol. The highest BCUT2D eigenvalue weighted by atomic mass is 16.5. The zero-order chi connectivity index (χ0) is 21.8. The highest BCUT2D eigenvalue weighted by Crippen LogP contribution is 2.35. The summed E-state index contributed by atoms with van der Waals surface area (Å²) in [5, 5.41) is 5.36. The van der Waals surface area contributed by atoms with E-state index in [1.165, 1.54) is 0 Å². The lowest BCUT2D eigenvalue weighted by Gasteiger charge is -2.40. The zero-order valence-electron chi connectivity index (χ0n) is 17.6. The number of rotatable bonds is 6. The lowest BCUT2D eigenvalue weighted by atomic mass is 9.74. The highest BCUT2D eigenvalue weighted by Gasteiger charge is 2.52. The van der Waals surface area contributed by atoms with Crippen molar-refractivity contribution in [3.63, 3.8) is 0 Å². The van der Waals surface area contributed by atoms with E-state index in [0.717, 1.165) is 5.56 Å². The van der Waals surface area contributed by atoms with E-state index in [1.807, 2.05) is 35.2 Å². The lowest BCUT2D eigenvalue weighted by molar-refractivity contribution is -0.126. The normalized spacial score (nSPS) is 21.5. The average molecular weight is 421 g/mol. The van der Waals surface area contributed by atoms with Crippen LogP contribution in [0.1, 0.15) is 35.2 Å². The molecule has 0 bridgehead atoms. The van der Waals surface area contributed by atoms with Gasteiger partial charge in [-0.3, -0.25) is 14.9 Å². The van der Waals surface area contributed by atoms with E-state index in [1.54, 1.807) is 31.4 Å². The summed E-state index contributed by atoms with van der Waals surface area (Å²) < 4.78 is 5.15. The van der Waals surface area contributed by atoms with Crippen molar-refractivity contribution in [2.24, 2.45) is 5.92 Å². The van der Waals surface area contributed by atoms with Gasteiger partial charge in [-0.2, -0.15) is 0 Å². The number of nitrogens with zero attached hydrogens (tertiary/aromatic N) is 1. The van der Waals surface area contributed by atoms with Gasteiger partial charge in [-0.25, -0.2) is 4.79 Å². The number of carbonyl (C=O) groups is 3. The Labute approximate surface area is 181 Å². The number of benzene rings is 2. The summed E-state index contributed by atoms with van der Waals surface area (Å²) >= 11 is 0. The molecule has 7 nitrogen and oxygen atoms in total. The molecule has 2 heterocycles. The Morgan fingerprint density at radius 2 is 1.74 bits per heavy atom. The molecule has 7 heteroatoms. The Morgan fingerprint density at radius 1 is 1.06 bits per heavy atom. The van der Waals surface area contributed by atoms with Gasteiger partial charge in [0.25, 0.3) is 11.8 Å². The molecule has 2 N–H and O–H groups in total. The third-order valence-electron chi connectivity index (χ3n) is 6.44. The maximum absolute atomic E-state index is 12.9. The summed E-state index contributed by atoms with van der Waals surface area (Å²) in [5.74, 6) is 0.397. The third-order valence-corrected chi connectivity index (χ3v) is 6.44. The fourth-order valence-electron chi connectivity index (χ4n) is 4.65. The van der Waals surface area contributed by atoms with Crippen molar-refractivity contribution in [1.29, 1.82) is 0 Å². The summed E-state index contributed by atoms with van der Waals surface area (Å²) in [4.78, 5) is 39.5. The molecule has 2 saturated heterocycles. The molecule has 0 unspecified atom stereocenters. The van der Waals surface area contributed by atoms with Crippen LogP contribution in [0.2, 0.25) is 0 Å². The molecule has 4 rings (SSSR count). The van der Waals surface area contributed by atoms with Gasteiger partial charge in [0, 0.05) is 18.7 Å². The Hall–Kier alpha value is -3.35. The summed E-state index contributed by atoms with van der Waals surface area (Å²) in [7, 11) is 1.59. The Balaban J connectivity index is 1.44. The number of carbonyl (C=O) groups excluding carboxylic acids is 3. The van der Waals surface area contributed by atoms with Gasteiger partial charge >= 0.3 is 6.03 Å². The molecule has 162 valence electrons. The first-order valence-electron chi connectivity index (χ1n) is 10.6. The molecule has 1 atom stereocenters. The average Bonchev–Trinajstić information content (AvgIpc) is 3.12. The fraction of sp³-hybridized carbons (Fsp3) is 0.375. The Kier molecular flexibility index (Phi) is 5.93. The number of imide groups is 1. The summed E-state index contributed by atoms with van der Waals surface area (Å²) in [6, 6.07) is 16.6. The van der Waals surface area contributed by atoms with Crippen molar-refractivity contribution in [2.75, 3.05) is 20.2 Å². The largest absolute Gasteiger partial charge is 0.497 e. The smallest absolute Gasteiger partial charge is 0.322 e. The molecule has 2 aromatic carbocycles. The van der Waals surface area contributed by atoms with Crippen LogP contribution in [0.5, 0.6) is 5.75 Å². The maximum Gasteiger partial charge on any atom is 0.322 e. The van der Waals surface area contributed by atoms with Gasteiger partial charge in [0.15, 0.2) is 0 Å². The quantitative estimate of drug-likeness (QED) is 0.702. The molecule has 31 heavy (non-hydrogen) atoms. The topological polar surface area (TPSA) is 87.7 Å². The number of ether oxygens (including phenoxy) is 1. The van der Waals surface area contributed by atoms with Gasteiger partial charge in [-0.05, 0) is 61.4 Å². The summed E-state index contributed by atoms with van der Waals surface area (Å²) in [6.45, 7) is 1.09. The number of urea groups is 1. The Bertz CT molecular complexity index is 953. The molecule has 2 aliphatic rings. The molecule has 0 spiro atoms. The molecule has 0 saturated carbocycles. The first-order chi connectivity index (χ1) is 15.0. The summed E-state index contributed by atoms with van der Waals surface area (Å²) in [5.41, 5.74) is 0.815. The summed E-state index contributed by atoms with van der Waals surface area (Å²) in [6.07, 6.45) is 2.54. The predicted molar refractivity (Wildman–Crippen MR) is 116 cm³/mol. The van der Waals surface area contributed by atoms with Crippen molar-refractivity contribution in [3.05, 3.63) is 65.7 Å². The second-order valence-corrected chi connectivity index (χ2v) is 8.16. The van der Waals surface area contributed by atoms with Gasteiger partial charge in [-0.1, -0.05) is 30.3 Å². The van der Waals surface area contributed by atoms with Crippen molar-refractivity contribution >= 4 is 17.8 Å². The second-order valence-electron chi connectivity index (χ2n) is 8.16. The molecule has 2 aromatic rings. The Morgan fingerprint density at radius 3 is 2.32 bits per heavy atom. The first-order valence-corrected chi connectivity index (χ1v) is 10.6. The SMILES string of the molecule is COc1ccc(C(=O)N2CCC([C@@]3(CCc4ccccc4)NC(=O)NC3=O)CC2)cc1. The van der Waals surface area contributed by atoms with E-state index in [9.17, 15) is 14.4 Å². The van der Waals surface area contributed by atoms with Crippen LogP contribution in [-0.4, -0.2) is 48.5 Å². The van der Waals surface area contributed by atoms with Crippen LogP contribution in [0.25, 0.3) is 0 Å². The van der Waals surface area contributed by atoms with E-state index < -0.39 is 11.6 Å². The van der Waals surface area contributed by atoms with Gasteiger partial charge in [0.05, 0.1) is 7.11 Å². The fourth-order valence-corrected chi connectivity index (χ4v) is 4.65. The maximum atomic E-state index is 12.9. The minimum Gasteiger partial charge on any atom is -0.497 e. The third kappa shape index (κ3) is 4.26. The molecular formula is C24H27N3O4. The predicted octanol–water partition coefficient (Wildman–Crippen LogP) is 2.76. The second kappa shape index (κ2) is 8.79. The molecule has 0 aliphatic carbocycles. The van der Waals surface area contributed by atoms with Gasteiger partial charge in [0.1, 0.15) is 11.3 Å². The lowest BCUT2D eigenvalue weighted by Crippen LogP contribution is -2.56. The number of amides is 4. The van der Waals surface area contributed by atoms with Crippen LogP contribution in [0, 0.1) is 5.92 Å². The van der Waals surface area contributed by atoms with E-state index in [4.69, 9.17) is 4.74 Å². The number of nitrogens with one attached hydrogen (secondary N) is 2. The van der Waals surface area contributed by atoms with Crippen LogP contribution in [0.4, 0.5) is 4.79 Å². The molecule has 4 amide bonds. The number of piperidine rings is 1.